The highest BCUT2D eigenvalue weighted by atomic mass is 32.1. The number of nitrogens with one attached hydrogen (secondary N) is 1. The van der Waals surface area contributed by atoms with Crippen molar-refractivity contribution in [3.05, 3.63) is 68.3 Å². The number of benzene rings is 1. The Bertz CT molecular complexity index is 970. The smallest absolute Gasteiger partial charge is 0.258 e. The first kappa shape index (κ1) is 16.0. The monoisotopic (exact) mass is 357 g/mol. The normalized spacial score (nSPS) is 11.5. The van der Waals surface area contributed by atoms with E-state index in [0.717, 1.165) is 4.88 Å². The molecule has 1 N–H and O–H groups in total. The van der Waals surface area contributed by atoms with Gasteiger partial charge >= 0.3 is 0 Å². The standard InChI is InChI=1S/C15H11N5O2S2/c21-20(22)12-7-2-1-5-11(12)6-3-9-16-19-14(17-18-15(19)23)13-8-4-10-24-13/h1-10H,(H,18,23)/b6-3+,16-9+. The Balaban J connectivity index is 1.85. The second-order valence-corrected chi connectivity index (χ2v) is 5.92. The molecule has 0 aliphatic rings. The lowest BCUT2D eigenvalue weighted by molar-refractivity contribution is -0.385. The molecule has 0 bridgehead atoms. The lowest BCUT2D eigenvalue weighted by Crippen LogP contribution is -1.92. The van der Waals surface area contributed by atoms with Crippen LogP contribution in [0.3, 0.4) is 0 Å². The Morgan fingerprint density at radius 2 is 2.17 bits per heavy atom. The molecule has 2 aromatic heterocycles. The van der Waals surface area contributed by atoms with E-state index in [1.807, 2.05) is 17.5 Å². The first-order chi connectivity index (χ1) is 11.7. The van der Waals surface area contributed by atoms with Crippen molar-refractivity contribution in [2.75, 3.05) is 0 Å². The number of aromatic nitrogens is 3. The molecule has 0 aliphatic carbocycles. The minimum atomic E-state index is -0.419. The van der Waals surface area contributed by atoms with Gasteiger partial charge in [0.25, 0.3) is 5.69 Å². The van der Waals surface area contributed by atoms with Crippen LogP contribution in [-0.2, 0) is 0 Å². The van der Waals surface area contributed by atoms with Crippen molar-refractivity contribution < 1.29 is 4.92 Å². The summed E-state index contributed by atoms with van der Waals surface area (Å²) >= 11 is 6.70. The zero-order valence-corrected chi connectivity index (χ0v) is 13.8. The molecule has 0 amide bonds. The molecule has 0 saturated heterocycles. The maximum Gasteiger partial charge on any atom is 0.276 e. The molecule has 0 spiro atoms. The number of thiophene rings is 1. The van der Waals surface area contributed by atoms with Gasteiger partial charge in [-0.2, -0.15) is 14.9 Å². The van der Waals surface area contributed by atoms with Gasteiger partial charge < -0.3 is 0 Å². The summed E-state index contributed by atoms with van der Waals surface area (Å²) in [6, 6.07) is 10.3. The number of aromatic amines is 1. The summed E-state index contributed by atoms with van der Waals surface area (Å²) in [4.78, 5) is 11.5. The Morgan fingerprint density at radius 1 is 1.33 bits per heavy atom. The molecular weight excluding hydrogens is 346 g/mol. The summed E-state index contributed by atoms with van der Waals surface area (Å²) in [5, 5.41) is 24.0. The first-order valence-corrected chi connectivity index (χ1v) is 8.11. The Morgan fingerprint density at radius 3 is 2.92 bits per heavy atom. The van der Waals surface area contributed by atoms with E-state index < -0.39 is 4.92 Å². The first-order valence-electron chi connectivity index (χ1n) is 6.82. The van der Waals surface area contributed by atoms with Crippen molar-refractivity contribution in [1.82, 2.24) is 14.9 Å². The molecule has 0 aliphatic heterocycles. The minimum Gasteiger partial charge on any atom is -0.258 e. The van der Waals surface area contributed by atoms with Gasteiger partial charge in [-0.15, -0.1) is 11.3 Å². The van der Waals surface area contributed by atoms with E-state index in [1.165, 1.54) is 28.3 Å². The number of hydrogen-bond donors (Lipinski definition) is 1. The van der Waals surface area contributed by atoms with E-state index in [9.17, 15) is 10.1 Å². The van der Waals surface area contributed by atoms with Crippen LogP contribution in [0.5, 0.6) is 0 Å². The van der Waals surface area contributed by atoms with Gasteiger partial charge in [-0.05, 0) is 41.9 Å². The number of rotatable bonds is 5. The zero-order chi connectivity index (χ0) is 16.9. The fourth-order valence-electron chi connectivity index (χ4n) is 2.01. The number of nitro groups is 1. The molecule has 120 valence electrons. The number of nitro benzene ring substituents is 1. The van der Waals surface area contributed by atoms with Crippen molar-refractivity contribution in [3.63, 3.8) is 0 Å². The van der Waals surface area contributed by atoms with E-state index in [2.05, 4.69) is 15.3 Å². The summed E-state index contributed by atoms with van der Waals surface area (Å²) in [5.74, 6) is 0.616. The van der Waals surface area contributed by atoms with Gasteiger partial charge in [-0.25, -0.2) is 5.10 Å². The highest BCUT2D eigenvalue weighted by molar-refractivity contribution is 7.71. The van der Waals surface area contributed by atoms with Crippen molar-refractivity contribution in [2.24, 2.45) is 5.10 Å². The highest BCUT2D eigenvalue weighted by Crippen LogP contribution is 2.22. The lowest BCUT2D eigenvalue weighted by atomic mass is 10.2. The minimum absolute atomic E-state index is 0.0429. The van der Waals surface area contributed by atoms with Crippen LogP contribution in [0.4, 0.5) is 5.69 Å². The summed E-state index contributed by atoms with van der Waals surface area (Å²) in [5.41, 5.74) is 0.546. The predicted molar refractivity (Wildman–Crippen MR) is 96.7 cm³/mol. The van der Waals surface area contributed by atoms with Crippen LogP contribution in [0, 0.1) is 14.9 Å². The van der Waals surface area contributed by atoms with E-state index in [0.29, 0.717) is 16.2 Å². The highest BCUT2D eigenvalue weighted by Gasteiger charge is 2.09. The summed E-state index contributed by atoms with van der Waals surface area (Å²) in [6.07, 6.45) is 4.75. The molecule has 24 heavy (non-hydrogen) atoms. The molecule has 0 saturated carbocycles. The topological polar surface area (TPSA) is 89.1 Å². The summed E-state index contributed by atoms with van der Waals surface area (Å²) in [6.45, 7) is 0. The summed E-state index contributed by atoms with van der Waals surface area (Å²) in [7, 11) is 0. The molecule has 0 atom stereocenters. The van der Waals surface area contributed by atoms with Crippen LogP contribution >= 0.6 is 23.6 Å². The third-order valence-electron chi connectivity index (χ3n) is 3.07. The number of nitrogens with zero attached hydrogens (tertiary/aromatic N) is 4. The third kappa shape index (κ3) is 3.36. The molecule has 7 nitrogen and oxygen atoms in total. The molecule has 0 fully saturated rings. The van der Waals surface area contributed by atoms with Gasteiger partial charge in [0.05, 0.1) is 15.4 Å². The number of H-pyrrole nitrogens is 1. The maximum absolute atomic E-state index is 11.0. The fourth-order valence-corrected chi connectivity index (χ4v) is 2.89. The molecular formula is C15H11N5O2S2. The molecule has 0 unspecified atom stereocenters. The van der Waals surface area contributed by atoms with Gasteiger partial charge in [0, 0.05) is 12.3 Å². The van der Waals surface area contributed by atoms with Crippen molar-refractivity contribution in [1.29, 1.82) is 0 Å². The SMILES string of the molecule is O=[N+]([O-])c1ccccc1/C=C/C=N/n1c(-c2cccs2)n[nH]c1=S. The zero-order valence-electron chi connectivity index (χ0n) is 12.2. The molecule has 3 aromatic rings. The lowest BCUT2D eigenvalue weighted by Gasteiger charge is -1.96. The van der Waals surface area contributed by atoms with Crippen molar-refractivity contribution >= 4 is 41.5 Å². The van der Waals surface area contributed by atoms with Gasteiger partial charge in [0.15, 0.2) is 5.82 Å². The van der Waals surface area contributed by atoms with Crippen LogP contribution in [0.1, 0.15) is 5.56 Å². The Kier molecular flexibility index (Phi) is 4.73. The van der Waals surface area contributed by atoms with Crippen LogP contribution in [0.15, 0.2) is 53.0 Å². The average Bonchev–Trinajstić information content (AvgIpc) is 3.22. The number of allylic oxidation sites excluding steroid dienone is 1. The third-order valence-corrected chi connectivity index (χ3v) is 4.20. The van der Waals surface area contributed by atoms with Crippen molar-refractivity contribution in [2.45, 2.75) is 0 Å². The van der Waals surface area contributed by atoms with Crippen molar-refractivity contribution in [3.8, 4) is 10.7 Å². The Labute approximate surface area is 145 Å². The van der Waals surface area contributed by atoms with E-state index in [-0.39, 0.29) is 5.69 Å². The van der Waals surface area contributed by atoms with Crippen LogP contribution in [0.25, 0.3) is 16.8 Å². The molecule has 0 radical (unpaired) electrons. The summed E-state index contributed by atoms with van der Waals surface area (Å²) < 4.78 is 1.87. The molecule has 2 heterocycles. The van der Waals surface area contributed by atoms with Crippen LogP contribution in [0.2, 0.25) is 0 Å². The van der Waals surface area contributed by atoms with Crippen LogP contribution < -0.4 is 0 Å². The molecule has 3 rings (SSSR count). The van der Waals surface area contributed by atoms with Gasteiger partial charge in [0.2, 0.25) is 4.77 Å². The second kappa shape index (κ2) is 7.11. The Hall–Kier alpha value is -2.91. The van der Waals surface area contributed by atoms with E-state index >= 15 is 0 Å². The van der Waals surface area contributed by atoms with Gasteiger partial charge in [-0.1, -0.05) is 18.2 Å². The number of hydrogen-bond acceptors (Lipinski definition) is 6. The predicted octanol–water partition coefficient (Wildman–Crippen LogP) is 4.12. The van der Waals surface area contributed by atoms with E-state index in [1.54, 1.807) is 30.4 Å². The maximum atomic E-state index is 11.0. The van der Waals surface area contributed by atoms with Gasteiger partial charge in [-0.3, -0.25) is 10.1 Å². The molecule has 1 aromatic carbocycles. The van der Waals surface area contributed by atoms with Gasteiger partial charge in [0.1, 0.15) is 0 Å². The number of para-hydroxylation sites is 1. The largest absolute Gasteiger partial charge is 0.276 e. The molecule has 9 heteroatoms. The quantitative estimate of drug-likeness (QED) is 0.322. The fraction of sp³-hybridized carbons (Fsp3) is 0. The van der Waals surface area contributed by atoms with Crippen LogP contribution in [-0.4, -0.2) is 26.0 Å². The second-order valence-electron chi connectivity index (χ2n) is 4.58. The van der Waals surface area contributed by atoms with E-state index in [4.69, 9.17) is 12.2 Å². The average molecular weight is 357 g/mol.